The molecule has 1 aliphatic heterocycles. The number of rotatable bonds is 2. The molecular weight excluding hydrogens is 324 g/mol. The van der Waals surface area contributed by atoms with Gasteiger partial charge < -0.3 is 5.43 Å². The van der Waals surface area contributed by atoms with Crippen molar-refractivity contribution in [1.82, 2.24) is 5.43 Å². The van der Waals surface area contributed by atoms with Crippen LogP contribution in [0.1, 0.15) is 23.6 Å². The van der Waals surface area contributed by atoms with Gasteiger partial charge in [0.15, 0.2) is 0 Å². The molecule has 0 saturated carbocycles. The van der Waals surface area contributed by atoms with Gasteiger partial charge in [-0.2, -0.15) is 5.10 Å². The lowest BCUT2D eigenvalue weighted by Crippen LogP contribution is -2.09. The minimum absolute atomic E-state index is 0.232. The Morgan fingerprint density at radius 3 is 2.42 bits per heavy atom. The van der Waals surface area contributed by atoms with Crippen molar-refractivity contribution in [2.45, 2.75) is 12.5 Å². The van der Waals surface area contributed by atoms with Crippen LogP contribution in [0.3, 0.4) is 0 Å². The highest BCUT2D eigenvalue weighted by atomic mass is 79.9. The van der Waals surface area contributed by atoms with Crippen molar-refractivity contribution >= 4 is 33.2 Å². The van der Waals surface area contributed by atoms with Gasteiger partial charge in [0.05, 0.1) is 11.8 Å². The molecule has 1 N–H and O–H groups in total. The number of hydrogen-bond donors (Lipinski definition) is 1. The summed E-state index contributed by atoms with van der Waals surface area (Å²) < 4.78 is 1.08. The summed E-state index contributed by atoms with van der Waals surface area (Å²) in [4.78, 5) is 0. The number of benzene rings is 2. The Bertz CT molecular complexity index is 605. The molecule has 0 aromatic heterocycles. The predicted octanol–water partition coefficient (Wildman–Crippen LogP) is 4.54. The third kappa shape index (κ3) is 2.82. The second-order valence-corrected chi connectivity index (χ2v) is 5.85. The molecule has 19 heavy (non-hydrogen) atoms. The zero-order chi connectivity index (χ0) is 13.2. The molecule has 0 bridgehead atoms. The van der Waals surface area contributed by atoms with E-state index < -0.39 is 0 Å². The highest BCUT2D eigenvalue weighted by molar-refractivity contribution is 9.10. The summed E-state index contributed by atoms with van der Waals surface area (Å²) in [5, 5.41) is 5.19. The quantitative estimate of drug-likeness (QED) is 0.856. The van der Waals surface area contributed by atoms with Crippen LogP contribution < -0.4 is 5.43 Å². The molecule has 2 aromatic carbocycles. The summed E-state index contributed by atoms with van der Waals surface area (Å²) >= 11 is 9.35. The van der Waals surface area contributed by atoms with Crippen LogP contribution >= 0.6 is 27.5 Å². The molecule has 2 aromatic rings. The summed E-state index contributed by atoms with van der Waals surface area (Å²) in [6.07, 6.45) is 0.892. The van der Waals surface area contributed by atoms with Crippen LogP contribution in [0.5, 0.6) is 0 Å². The molecule has 4 heteroatoms. The molecule has 1 aliphatic rings. The van der Waals surface area contributed by atoms with Crippen molar-refractivity contribution in [3.05, 3.63) is 69.2 Å². The van der Waals surface area contributed by atoms with Crippen LogP contribution in [-0.2, 0) is 0 Å². The van der Waals surface area contributed by atoms with Gasteiger partial charge in [0.25, 0.3) is 0 Å². The first-order valence-corrected chi connectivity index (χ1v) is 7.23. The number of hydrazone groups is 1. The molecule has 0 fully saturated rings. The van der Waals surface area contributed by atoms with E-state index in [1.807, 2.05) is 36.4 Å². The molecule has 0 amide bonds. The molecule has 1 atom stereocenters. The average Bonchev–Trinajstić information content (AvgIpc) is 2.90. The van der Waals surface area contributed by atoms with Crippen LogP contribution in [0.25, 0.3) is 0 Å². The highest BCUT2D eigenvalue weighted by Crippen LogP contribution is 2.26. The summed E-state index contributed by atoms with van der Waals surface area (Å²) in [5.41, 5.74) is 6.65. The Hall–Kier alpha value is -1.32. The van der Waals surface area contributed by atoms with Crippen molar-refractivity contribution in [2.75, 3.05) is 0 Å². The van der Waals surface area contributed by atoms with Gasteiger partial charge in [0, 0.05) is 15.9 Å². The van der Waals surface area contributed by atoms with E-state index in [0.29, 0.717) is 0 Å². The number of hydrogen-bond acceptors (Lipinski definition) is 2. The van der Waals surface area contributed by atoms with E-state index in [1.54, 1.807) is 0 Å². The summed E-state index contributed by atoms with van der Waals surface area (Å²) in [5.74, 6) is 0. The maximum Gasteiger partial charge on any atom is 0.0745 e. The maximum atomic E-state index is 5.90. The van der Waals surface area contributed by atoms with Gasteiger partial charge in [-0.15, -0.1) is 0 Å². The van der Waals surface area contributed by atoms with Gasteiger partial charge in [-0.1, -0.05) is 51.8 Å². The summed E-state index contributed by atoms with van der Waals surface area (Å²) in [6.45, 7) is 0. The van der Waals surface area contributed by atoms with E-state index in [9.17, 15) is 0 Å². The molecule has 0 spiro atoms. The Kier molecular flexibility index (Phi) is 3.58. The molecule has 0 unspecified atom stereocenters. The highest BCUT2D eigenvalue weighted by Gasteiger charge is 2.20. The van der Waals surface area contributed by atoms with Gasteiger partial charge in [0.2, 0.25) is 0 Å². The van der Waals surface area contributed by atoms with Crippen molar-refractivity contribution < 1.29 is 0 Å². The largest absolute Gasteiger partial charge is 0.302 e. The lowest BCUT2D eigenvalue weighted by molar-refractivity contribution is 0.620. The Labute approximate surface area is 125 Å². The van der Waals surface area contributed by atoms with Crippen LogP contribution in [0, 0.1) is 0 Å². The first kappa shape index (κ1) is 12.7. The topological polar surface area (TPSA) is 24.4 Å². The van der Waals surface area contributed by atoms with Crippen LogP contribution in [0.2, 0.25) is 5.02 Å². The Morgan fingerprint density at radius 1 is 1.05 bits per heavy atom. The van der Waals surface area contributed by atoms with Gasteiger partial charge in [0.1, 0.15) is 0 Å². The number of halogens is 2. The fraction of sp³-hybridized carbons (Fsp3) is 0.133. The minimum atomic E-state index is 0.232. The first-order valence-electron chi connectivity index (χ1n) is 6.06. The normalized spacial score (nSPS) is 18.0. The van der Waals surface area contributed by atoms with Crippen molar-refractivity contribution in [2.24, 2.45) is 5.10 Å². The minimum Gasteiger partial charge on any atom is -0.302 e. The standard InChI is InChI=1S/C15H12BrClN2/c16-12-5-1-10(2-6-12)14-9-15(19-18-14)11-3-7-13(17)8-4-11/h1-8,15,19H,9H2/t15-/m0/s1. The van der Waals surface area contributed by atoms with E-state index in [0.717, 1.165) is 27.2 Å². The number of nitrogens with one attached hydrogen (secondary N) is 1. The lowest BCUT2D eigenvalue weighted by atomic mass is 9.99. The predicted molar refractivity (Wildman–Crippen MR) is 82.6 cm³/mol. The first-order chi connectivity index (χ1) is 9.22. The van der Waals surface area contributed by atoms with E-state index in [-0.39, 0.29) is 6.04 Å². The molecule has 0 aliphatic carbocycles. The van der Waals surface area contributed by atoms with Crippen molar-refractivity contribution in [1.29, 1.82) is 0 Å². The lowest BCUT2D eigenvalue weighted by Gasteiger charge is -2.09. The van der Waals surface area contributed by atoms with Crippen LogP contribution in [0.4, 0.5) is 0 Å². The second-order valence-electron chi connectivity index (χ2n) is 4.50. The molecule has 96 valence electrons. The van der Waals surface area contributed by atoms with Crippen LogP contribution in [0.15, 0.2) is 58.1 Å². The fourth-order valence-electron chi connectivity index (χ4n) is 2.15. The van der Waals surface area contributed by atoms with E-state index in [2.05, 4.69) is 38.6 Å². The third-order valence-electron chi connectivity index (χ3n) is 3.20. The van der Waals surface area contributed by atoms with E-state index in [1.165, 1.54) is 5.56 Å². The molecule has 2 nitrogen and oxygen atoms in total. The van der Waals surface area contributed by atoms with Crippen molar-refractivity contribution in [3.63, 3.8) is 0 Å². The monoisotopic (exact) mass is 334 g/mol. The van der Waals surface area contributed by atoms with Gasteiger partial charge in [-0.05, 0) is 35.4 Å². The third-order valence-corrected chi connectivity index (χ3v) is 3.98. The molecule has 1 heterocycles. The van der Waals surface area contributed by atoms with Crippen molar-refractivity contribution in [3.8, 4) is 0 Å². The molecule has 0 saturated heterocycles. The SMILES string of the molecule is Clc1ccc([C@@H]2CC(c3ccc(Br)cc3)=NN2)cc1. The average molecular weight is 336 g/mol. The number of nitrogens with zero attached hydrogens (tertiary/aromatic N) is 1. The smallest absolute Gasteiger partial charge is 0.0745 e. The maximum absolute atomic E-state index is 5.90. The van der Waals surface area contributed by atoms with Gasteiger partial charge in [-0.3, -0.25) is 0 Å². The van der Waals surface area contributed by atoms with E-state index in [4.69, 9.17) is 11.6 Å². The fourth-order valence-corrected chi connectivity index (χ4v) is 2.54. The van der Waals surface area contributed by atoms with Crippen LogP contribution in [-0.4, -0.2) is 5.71 Å². The second kappa shape index (κ2) is 5.35. The Morgan fingerprint density at radius 2 is 1.74 bits per heavy atom. The van der Waals surface area contributed by atoms with Gasteiger partial charge in [-0.25, -0.2) is 0 Å². The van der Waals surface area contributed by atoms with Gasteiger partial charge >= 0.3 is 0 Å². The molecular formula is C15H12BrClN2. The summed E-state index contributed by atoms with van der Waals surface area (Å²) in [7, 11) is 0. The van der Waals surface area contributed by atoms with E-state index >= 15 is 0 Å². The molecule has 0 radical (unpaired) electrons. The zero-order valence-corrected chi connectivity index (χ0v) is 12.4. The molecule has 3 rings (SSSR count). The Balaban J connectivity index is 1.76. The zero-order valence-electron chi connectivity index (χ0n) is 10.1. The summed E-state index contributed by atoms with van der Waals surface area (Å²) in [6, 6.07) is 16.4.